The summed E-state index contributed by atoms with van der Waals surface area (Å²) in [6.45, 7) is 1.26. The maximum atomic E-state index is 12.4. The lowest BCUT2D eigenvalue weighted by Gasteiger charge is -2.30. The summed E-state index contributed by atoms with van der Waals surface area (Å²) < 4.78 is 26.8. The van der Waals surface area contributed by atoms with Crippen molar-refractivity contribution in [1.82, 2.24) is 29.3 Å². The Morgan fingerprint density at radius 2 is 2.04 bits per heavy atom. The number of sulfonamides is 1. The van der Waals surface area contributed by atoms with Crippen molar-refractivity contribution in [3.63, 3.8) is 0 Å². The van der Waals surface area contributed by atoms with Crippen LogP contribution in [0.5, 0.6) is 0 Å². The fourth-order valence-electron chi connectivity index (χ4n) is 3.41. The van der Waals surface area contributed by atoms with Crippen molar-refractivity contribution in [1.29, 1.82) is 0 Å². The van der Waals surface area contributed by atoms with Gasteiger partial charge < -0.3 is 4.98 Å². The zero-order valence-corrected chi connectivity index (χ0v) is 15.7. The van der Waals surface area contributed by atoms with Gasteiger partial charge in [0.2, 0.25) is 10.0 Å². The lowest BCUT2D eigenvalue weighted by atomic mass is 9.99. The number of nitrogens with one attached hydrogen (secondary N) is 1. The second-order valence-electron chi connectivity index (χ2n) is 6.82. The number of nitrogens with zero attached hydrogens (tertiary/aromatic N) is 5. The average molecular weight is 388 g/mol. The molecule has 142 valence electrons. The summed E-state index contributed by atoms with van der Waals surface area (Å²) in [4.78, 5) is 19.8. The molecule has 2 aromatic heterocycles. The van der Waals surface area contributed by atoms with Crippen LogP contribution in [0, 0.1) is 0 Å². The number of aromatic nitrogens is 5. The van der Waals surface area contributed by atoms with Crippen molar-refractivity contribution >= 4 is 21.2 Å². The first-order chi connectivity index (χ1) is 12.9. The Morgan fingerprint density at radius 1 is 1.26 bits per heavy atom. The molecule has 4 rings (SSSR count). The van der Waals surface area contributed by atoms with Crippen LogP contribution >= 0.6 is 0 Å². The molecule has 0 saturated carbocycles. The third-order valence-corrected chi connectivity index (χ3v) is 6.08. The van der Waals surface area contributed by atoms with Crippen molar-refractivity contribution in [3.05, 3.63) is 52.1 Å². The molecule has 1 aromatic carbocycles. The van der Waals surface area contributed by atoms with E-state index in [4.69, 9.17) is 0 Å². The predicted molar refractivity (Wildman–Crippen MR) is 99.9 cm³/mol. The molecular weight excluding hydrogens is 368 g/mol. The summed E-state index contributed by atoms with van der Waals surface area (Å²) in [5.41, 5.74) is 1.26. The van der Waals surface area contributed by atoms with Gasteiger partial charge in [-0.3, -0.25) is 4.79 Å². The SMILES string of the molecule is CS(=O)(=O)N1CCC[C@H](c2nc3c(nnn3Cc3ccccc3)c(=O)[nH]2)C1. The van der Waals surface area contributed by atoms with Crippen LogP contribution in [0.1, 0.15) is 30.1 Å². The van der Waals surface area contributed by atoms with Crippen LogP contribution in [0.3, 0.4) is 0 Å². The van der Waals surface area contributed by atoms with E-state index in [1.807, 2.05) is 30.3 Å². The molecule has 1 atom stereocenters. The summed E-state index contributed by atoms with van der Waals surface area (Å²) in [5.74, 6) is 0.322. The Balaban J connectivity index is 1.70. The minimum absolute atomic E-state index is 0.161. The summed E-state index contributed by atoms with van der Waals surface area (Å²) in [6, 6.07) is 9.73. The minimum atomic E-state index is -3.27. The number of benzene rings is 1. The molecule has 27 heavy (non-hydrogen) atoms. The van der Waals surface area contributed by atoms with Crippen LogP contribution in [0.25, 0.3) is 11.2 Å². The van der Waals surface area contributed by atoms with E-state index < -0.39 is 10.0 Å². The highest BCUT2D eigenvalue weighted by Crippen LogP contribution is 2.26. The molecule has 1 aliphatic rings. The molecule has 0 aliphatic carbocycles. The average Bonchev–Trinajstić information content (AvgIpc) is 3.05. The van der Waals surface area contributed by atoms with E-state index in [0.717, 1.165) is 18.4 Å². The van der Waals surface area contributed by atoms with Crippen molar-refractivity contribution < 1.29 is 8.42 Å². The van der Waals surface area contributed by atoms with E-state index in [1.54, 1.807) is 4.68 Å². The Morgan fingerprint density at radius 3 is 2.78 bits per heavy atom. The lowest BCUT2D eigenvalue weighted by molar-refractivity contribution is 0.311. The standard InChI is InChI=1S/C17H20N6O3S/c1-27(25,26)22-9-5-8-13(11-22)15-18-16-14(17(24)19-15)20-21-23(16)10-12-6-3-2-4-7-12/h2-4,6-7,13H,5,8-11H2,1H3,(H,18,19,24)/t13-/m0/s1. The van der Waals surface area contributed by atoms with Crippen molar-refractivity contribution in [2.45, 2.75) is 25.3 Å². The predicted octanol–water partition coefficient (Wildman–Crippen LogP) is 0.702. The topological polar surface area (TPSA) is 114 Å². The smallest absolute Gasteiger partial charge is 0.281 e. The number of fused-ring (bicyclic) bond motifs is 1. The Bertz CT molecular complexity index is 1120. The Hall–Kier alpha value is -2.59. The van der Waals surface area contributed by atoms with Gasteiger partial charge in [0.15, 0.2) is 11.2 Å². The van der Waals surface area contributed by atoms with E-state index in [9.17, 15) is 13.2 Å². The molecule has 1 N–H and O–H groups in total. The van der Waals surface area contributed by atoms with Crippen LogP contribution in [-0.2, 0) is 16.6 Å². The van der Waals surface area contributed by atoms with Crippen LogP contribution < -0.4 is 5.56 Å². The van der Waals surface area contributed by atoms with Crippen LogP contribution in [0.15, 0.2) is 35.1 Å². The van der Waals surface area contributed by atoms with E-state index in [0.29, 0.717) is 31.1 Å². The van der Waals surface area contributed by atoms with E-state index in [2.05, 4.69) is 20.3 Å². The zero-order chi connectivity index (χ0) is 19.0. The largest absolute Gasteiger partial charge is 0.308 e. The third-order valence-electron chi connectivity index (χ3n) is 4.81. The minimum Gasteiger partial charge on any atom is -0.308 e. The van der Waals surface area contributed by atoms with Gasteiger partial charge in [0.25, 0.3) is 5.56 Å². The molecule has 0 radical (unpaired) electrons. The number of hydrogen-bond donors (Lipinski definition) is 1. The van der Waals surface area contributed by atoms with Crippen LogP contribution in [-0.4, -0.2) is 57.0 Å². The molecule has 0 unspecified atom stereocenters. The quantitative estimate of drug-likeness (QED) is 0.704. The van der Waals surface area contributed by atoms with Gasteiger partial charge in [-0.2, -0.15) is 0 Å². The summed E-state index contributed by atoms with van der Waals surface area (Å²) in [7, 11) is -3.27. The van der Waals surface area contributed by atoms with Gasteiger partial charge in [-0.25, -0.2) is 22.4 Å². The summed E-state index contributed by atoms with van der Waals surface area (Å²) in [6.07, 6.45) is 2.69. The molecule has 1 saturated heterocycles. The lowest BCUT2D eigenvalue weighted by Crippen LogP contribution is -2.39. The number of piperidine rings is 1. The Labute approximate surface area is 156 Å². The highest BCUT2D eigenvalue weighted by molar-refractivity contribution is 7.88. The maximum absolute atomic E-state index is 12.4. The van der Waals surface area contributed by atoms with Crippen molar-refractivity contribution in [2.75, 3.05) is 19.3 Å². The first-order valence-electron chi connectivity index (χ1n) is 8.74. The number of hydrogen-bond acceptors (Lipinski definition) is 6. The molecular formula is C17H20N6O3S. The highest BCUT2D eigenvalue weighted by Gasteiger charge is 2.29. The van der Waals surface area contributed by atoms with Crippen molar-refractivity contribution in [3.8, 4) is 0 Å². The van der Waals surface area contributed by atoms with Crippen LogP contribution in [0.2, 0.25) is 0 Å². The summed E-state index contributed by atoms with van der Waals surface area (Å²) in [5, 5.41) is 8.02. The summed E-state index contributed by atoms with van der Waals surface area (Å²) >= 11 is 0. The molecule has 1 fully saturated rings. The molecule has 10 heteroatoms. The Kier molecular flexibility index (Phi) is 4.52. The first kappa shape index (κ1) is 17.8. The van der Waals surface area contributed by atoms with Gasteiger partial charge in [-0.05, 0) is 18.4 Å². The van der Waals surface area contributed by atoms with Gasteiger partial charge in [0.05, 0.1) is 12.8 Å². The fraction of sp³-hybridized carbons (Fsp3) is 0.412. The second kappa shape index (κ2) is 6.86. The monoisotopic (exact) mass is 388 g/mol. The molecule has 3 heterocycles. The molecule has 9 nitrogen and oxygen atoms in total. The van der Waals surface area contributed by atoms with Gasteiger partial charge in [-0.15, -0.1) is 5.10 Å². The van der Waals surface area contributed by atoms with Gasteiger partial charge >= 0.3 is 0 Å². The maximum Gasteiger partial charge on any atom is 0.281 e. The van der Waals surface area contributed by atoms with E-state index in [1.165, 1.54) is 10.6 Å². The van der Waals surface area contributed by atoms with Gasteiger partial charge in [0, 0.05) is 19.0 Å². The number of aromatic amines is 1. The molecule has 3 aromatic rings. The first-order valence-corrected chi connectivity index (χ1v) is 10.6. The molecule has 0 spiro atoms. The van der Waals surface area contributed by atoms with Gasteiger partial charge in [0.1, 0.15) is 5.82 Å². The van der Waals surface area contributed by atoms with Crippen molar-refractivity contribution in [2.24, 2.45) is 0 Å². The molecule has 0 amide bonds. The third kappa shape index (κ3) is 3.62. The molecule has 0 bridgehead atoms. The van der Waals surface area contributed by atoms with E-state index >= 15 is 0 Å². The normalized spacial score (nSPS) is 18.8. The zero-order valence-electron chi connectivity index (χ0n) is 14.9. The van der Waals surface area contributed by atoms with E-state index in [-0.39, 0.29) is 17.0 Å². The molecule has 1 aliphatic heterocycles. The highest BCUT2D eigenvalue weighted by atomic mass is 32.2. The fourth-order valence-corrected chi connectivity index (χ4v) is 4.32. The van der Waals surface area contributed by atoms with Crippen LogP contribution in [0.4, 0.5) is 0 Å². The second-order valence-corrected chi connectivity index (χ2v) is 8.80. The number of H-pyrrole nitrogens is 1. The number of rotatable bonds is 4. The van der Waals surface area contributed by atoms with Gasteiger partial charge in [-0.1, -0.05) is 35.5 Å².